The van der Waals surface area contributed by atoms with Crippen LogP contribution in [0.4, 0.5) is 4.39 Å². The number of oxazole rings is 1. The predicted octanol–water partition coefficient (Wildman–Crippen LogP) is 3.30. The Morgan fingerprint density at radius 1 is 1.47 bits per heavy atom. The zero-order valence-corrected chi connectivity index (χ0v) is 8.37. The van der Waals surface area contributed by atoms with Gasteiger partial charge in [0.05, 0.1) is 6.20 Å². The number of ether oxygens (including phenoxy) is 1. The van der Waals surface area contributed by atoms with Gasteiger partial charge in [-0.3, -0.25) is 0 Å². The summed E-state index contributed by atoms with van der Waals surface area (Å²) in [6.07, 6.45) is 1.50. The van der Waals surface area contributed by atoms with Crippen molar-refractivity contribution in [2.75, 3.05) is 6.86 Å². The number of hydrogen-bond acceptors (Lipinski definition) is 3. The molecule has 1 aromatic heterocycles. The fourth-order valence-electron chi connectivity index (χ4n) is 1.19. The summed E-state index contributed by atoms with van der Waals surface area (Å²) in [5.41, 5.74) is 0.736. The van der Waals surface area contributed by atoms with Gasteiger partial charge < -0.3 is 9.15 Å². The molecule has 1 aromatic carbocycles. The molecule has 0 saturated heterocycles. The predicted molar refractivity (Wildman–Crippen MR) is 53.6 cm³/mol. The molecule has 0 bridgehead atoms. The van der Waals surface area contributed by atoms with Gasteiger partial charge in [-0.2, -0.15) is 0 Å². The van der Waals surface area contributed by atoms with Crippen LogP contribution in [0.3, 0.4) is 0 Å². The topological polar surface area (TPSA) is 35.3 Å². The first-order valence-corrected chi connectivity index (χ1v) is 4.58. The molecule has 0 amide bonds. The molecule has 5 heteroatoms. The highest BCUT2D eigenvalue weighted by atomic mass is 35.5. The molecule has 2 rings (SSSR count). The van der Waals surface area contributed by atoms with Crippen molar-refractivity contribution in [2.45, 2.75) is 0 Å². The molecular weight excluding hydrogens is 221 g/mol. The van der Waals surface area contributed by atoms with Crippen molar-refractivity contribution in [2.24, 2.45) is 0 Å². The van der Waals surface area contributed by atoms with Gasteiger partial charge in [0.25, 0.3) is 5.35 Å². The normalized spacial score (nSPS) is 10.3. The van der Waals surface area contributed by atoms with Gasteiger partial charge in [-0.05, 0) is 23.7 Å². The summed E-state index contributed by atoms with van der Waals surface area (Å²) in [4.78, 5) is 3.75. The summed E-state index contributed by atoms with van der Waals surface area (Å²) in [7, 11) is 0. The van der Waals surface area contributed by atoms with Crippen molar-refractivity contribution in [3.63, 3.8) is 0 Å². The number of benzene rings is 1. The molecule has 0 aliphatic heterocycles. The molecule has 2 aromatic rings. The smallest absolute Gasteiger partial charge is 0.292 e. The highest BCUT2D eigenvalue weighted by molar-refractivity contribution is 6.27. The molecule has 1 heterocycles. The van der Waals surface area contributed by atoms with E-state index < -0.39 is 6.86 Å². The van der Waals surface area contributed by atoms with Gasteiger partial charge in [0.15, 0.2) is 5.76 Å². The van der Waals surface area contributed by atoms with Gasteiger partial charge in [-0.1, -0.05) is 12.1 Å². The van der Waals surface area contributed by atoms with E-state index in [0.29, 0.717) is 11.5 Å². The second-order valence-electron chi connectivity index (χ2n) is 2.76. The van der Waals surface area contributed by atoms with Crippen molar-refractivity contribution >= 4 is 11.6 Å². The van der Waals surface area contributed by atoms with Crippen molar-refractivity contribution < 1.29 is 13.5 Å². The van der Waals surface area contributed by atoms with E-state index >= 15 is 0 Å². The van der Waals surface area contributed by atoms with Crippen LogP contribution in [0.1, 0.15) is 0 Å². The van der Waals surface area contributed by atoms with Gasteiger partial charge in [0.2, 0.25) is 6.86 Å². The molecule has 15 heavy (non-hydrogen) atoms. The molecule has 0 fully saturated rings. The van der Waals surface area contributed by atoms with Crippen LogP contribution in [0.2, 0.25) is 5.35 Å². The molecule has 0 aliphatic carbocycles. The Morgan fingerprint density at radius 3 is 3.00 bits per heavy atom. The highest BCUT2D eigenvalue weighted by Crippen LogP contribution is 2.25. The number of hydrogen-bond donors (Lipinski definition) is 0. The highest BCUT2D eigenvalue weighted by Gasteiger charge is 2.05. The Balaban J connectivity index is 2.32. The Kier molecular flexibility index (Phi) is 2.87. The zero-order chi connectivity index (χ0) is 10.7. The van der Waals surface area contributed by atoms with Crippen LogP contribution in [0.15, 0.2) is 34.9 Å². The van der Waals surface area contributed by atoms with Crippen molar-refractivity contribution in [1.29, 1.82) is 0 Å². The van der Waals surface area contributed by atoms with Crippen molar-refractivity contribution in [3.8, 4) is 17.1 Å². The minimum absolute atomic E-state index is 0.0711. The SMILES string of the molecule is FCOc1cccc(-c2cnc(Cl)o2)c1. The van der Waals surface area contributed by atoms with Crippen LogP contribution in [-0.2, 0) is 0 Å². The minimum atomic E-state index is -0.861. The van der Waals surface area contributed by atoms with Gasteiger partial charge in [0, 0.05) is 5.56 Å². The van der Waals surface area contributed by atoms with Gasteiger partial charge in [-0.25, -0.2) is 9.37 Å². The lowest BCUT2D eigenvalue weighted by Gasteiger charge is -2.01. The molecule has 3 nitrogen and oxygen atoms in total. The maximum absolute atomic E-state index is 11.9. The third kappa shape index (κ3) is 2.27. The van der Waals surface area contributed by atoms with Crippen molar-refractivity contribution in [3.05, 3.63) is 35.8 Å². The second-order valence-corrected chi connectivity index (χ2v) is 3.08. The fraction of sp³-hybridized carbons (Fsp3) is 0.100. The lowest BCUT2D eigenvalue weighted by Crippen LogP contribution is -1.89. The van der Waals surface area contributed by atoms with Crippen LogP contribution >= 0.6 is 11.6 Å². The zero-order valence-electron chi connectivity index (χ0n) is 7.61. The largest absolute Gasteiger partial charge is 0.463 e. The molecule has 0 radical (unpaired) electrons. The van der Waals surface area contributed by atoms with Crippen LogP contribution in [-0.4, -0.2) is 11.8 Å². The summed E-state index contributed by atoms with van der Waals surface area (Å²) >= 11 is 5.54. The average molecular weight is 228 g/mol. The molecule has 0 aliphatic rings. The molecule has 0 unspecified atom stereocenters. The maximum atomic E-state index is 11.9. The summed E-state index contributed by atoms with van der Waals surface area (Å²) in [5, 5.41) is 0.0711. The standard InChI is InChI=1S/C10H7ClFNO2/c11-10-13-5-9(15-10)7-2-1-3-8(4-7)14-6-12/h1-5H,6H2. The fourth-order valence-corrected chi connectivity index (χ4v) is 1.32. The lowest BCUT2D eigenvalue weighted by molar-refractivity contribution is 0.192. The van der Waals surface area contributed by atoms with Crippen molar-refractivity contribution in [1.82, 2.24) is 4.98 Å². The molecule has 0 spiro atoms. The van der Waals surface area contributed by atoms with Gasteiger partial charge in [0.1, 0.15) is 5.75 Å². The van der Waals surface area contributed by atoms with Gasteiger partial charge >= 0.3 is 0 Å². The number of nitrogens with zero attached hydrogens (tertiary/aromatic N) is 1. The van der Waals surface area contributed by atoms with E-state index in [1.54, 1.807) is 24.3 Å². The molecule has 78 valence electrons. The summed E-state index contributed by atoms with van der Waals surface area (Å²) < 4.78 is 21.8. The number of rotatable bonds is 3. The van der Waals surface area contributed by atoms with E-state index in [4.69, 9.17) is 20.8 Å². The first-order chi connectivity index (χ1) is 7.29. The molecular formula is C10H7ClFNO2. The van der Waals surface area contributed by atoms with E-state index in [0.717, 1.165) is 5.56 Å². The number of halogens is 2. The van der Waals surface area contributed by atoms with Crippen LogP contribution in [0.25, 0.3) is 11.3 Å². The Labute approximate surface area is 90.4 Å². The van der Waals surface area contributed by atoms with Crippen LogP contribution in [0.5, 0.6) is 5.75 Å². The van der Waals surface area contributed by atoms with Gasteiger partial charge in [-0.15, -0.1) is 0 Å². The molecule has 0 N–H and O–H groups in total. The monoisotopic (exact) mass is 227 g/mol. The van der Waals surface area contributed by atoms with E-state index in [1.165, 1.54) is 6.20 Å². The Morgan fingerprint density at radius 2 is 2.33 bits per heavy atom. The minimum Gasteiger partial charge on any atom is -0.463 e. The van der Waals surface area contributed by atoms with E-state index in [9.17, 15) is 4.39 Å². The van der Waals surface area contributed by atoms with Crippen LogP contribution < -0.4 is 4.74 Å². The number of alkyl halides is 1. The number of aromatic nitrogens is 1. The quantitative estimate of drug-likeness (QED) is 0.807. The first kappa shape index (κ1) is 9.98. The average Bonchev–Trinajstić information content (AvgIpc) is 2.66. The Hall–Kier alpha value is -1.55. The van der Waals surface area contributed by atoms with E-state index in [-0.39, 0.29) is 5.35 Å². The molecule has 0 atom stereocenters. The summed E-state index contributed by atoms with van der Waals surface area (Å²) in [5.74, 6) is 0.951. The third-order valence-electron chi connectivity index (χ3n) is 1.82. The maximum Gasteiger partial charge on any atom is 0.292 e. The van der Waals surface area contributed by atoms with Crippen LogP contribution in [0, 0.1) is 0 Å². The third-order valence-corrected chi connectivity index (χ3v) is 1.99. The van der Waals surface area contributed by atoms with E-state index in [2.05, 4.69) is 4.98 Å². The summed E-state index contributed by atoms with van der Waals surface area (Å²) in [6, 6.07) is 6.83. The Bertz CT molecular complexity index is 458. The first-order valence-electron chi connectivity index (χ1n) is 4.20. The summed E-state index contributed by atoms with van der Waals surface area (Å²) in [6.45, 7) is -0.861. The molecule has 0 saturated carbocycles. The second kappa shape index (κ2) is 4.31. The lowest BCUT2D eigenvalue weighted by atomic mass is 10.2. The van der Waals surface area contributed by atoms with E-state index in [1.807, 2.05) is 0 Å².